The molecule has 0 saturated heterocycles. The summed E-state index contributed by atoms with van der Waals surface area (Å²) in [6.45, 7) is 8.05. The summed E-state index contributed by atoms with van der Waals surface area (Å²) in [5, 5.41) is 8.48. The van der Waals surface area contributed by atoms with E-state index in [2.05, 4.69) is 0 Å². The average Bonchev–Trinajstić information content (AvgIpc) is 3.03. The summed E-state index contributed by atoms with van der Waals surface area (Å²) < 4.78 is 82.5. The van der Waals surface area contributed by atoms with Crippen LogP contribution >= 0.6 is 0 Å². The van der Waals surface area contributed by atoms with E-state index in [0.717, 1.165) is 0 Å². The molecule has 0 unspecified atom stereocenters. The maximum absolute atomic E-state index is 12.0. The van der Waals surface area contributed by atoms with Gasteiger partial charge in [0, 0.05) is 0 Å². The smallest absolute Gasteiger partial charge is 0.305 e. The van der Waals surface area contributed by atoms with Gasteiger partial charge in [0.15, 0.2) is 0 Å². The highest BCUT2D eigenvalue weighted by Gasteiger charge is 2.13. The van der Waals surface area contributed by atoms with Gasteiger partial charge in [-0.3, -0.25) is 8.98 Å². The highest BCUT2D eigenvalue weighted by molar-refractivity contribution is 7.86. The van der Waals surface area contributed by atoms with E-state index < -0.39 is 16.1 Å². The molecule has 0 aliphatic rings. The lowest BCUT2D eigenvalue weighted by molar-refractivity contribution is -0.138. The van der Waals surface area contributed by atoms with E-state index in [9.17, 15) is 13.2 Å². The summed E-state index contributed by atoms with van der Waals surface area (Å²) in [7, 11) is -3.76. The van der Waals surface area contributed by atoms with E-state index in [1.807, 2.05) is 0 Å². The van der Waals surface area contributed by atoms with Crippen molar-refractivity contribution < 1.29 is 69.9 Å². The number of ether oxygens (including phenoxy) is 10. The Morgan fingerprint density at radius 2 is 0.711 bits per heavy atom. The Balaban J connectivity index is 1.67. The van der Waals surface area contributed by atoms with Crippen LogP contribution in [0.2, 0.25) is 0 Å². The second-order valence-corrected chi connectivity index (χ2v) is 10.5. The first-order valence-corrected chi connectivity index (χ1v) is 16.4. The first-order valence-electron chi connectivity index (χ1n) is 15.0. The molecule has 0 amide bonds. The lowest BCUT2D eigenvalue weighted by Crippen LogP contribution is -2.15. The number of carbonyl (C=O) groups is 1. The normalized spacial score (nSPS) is 11.7. The van der Waals surface area contributed by atoms with Crippen LogP contribution in [-0.2, 0) is 66.5 Å². The highest BCUT2D eigenvalue weighted by atomic mass is 32.2. The van der Waals surface area contributed by atoms with Crippen LogP contribution in [0.1, 0.15) is 6.42 Å². The maximum Gasteiger partial charge on any atom is 0.305 e. The summed E-state index contributed by atoms with van der Waals surface area (Å²) in [6.07, 6.45) is -0.00947. The fraction of sp³-hybridized carbons (Fsp3) is 0.759. The molecule has 0 atom stereocenters. The number of hydrogen-bond acceptors (Lipinski definition) is 14. The Kier molecular flexibility index (Phi) is 28.2. The number of carboxylic acids is 1. The molecule has 45 heavy (non-hydrogen) atoms. The first-order chi connectivity index (χ1) is 22.0. The number of carboxylic acid groups (broad SMARTS) is 1. The molecule has 1 aromatic rings. The molecule has 0 aliphatic heterocycles. The predicted molar refractivity (Wildman–Crippen MR) is 160 cm³/mol. The quantitative estimate of drug-likeness (QED) is 0.0801. The summed E-state index contributed by atoms with van der Waals surface area (Å²) in [6, 6.07) is 7.95. The Morgan fingerprint density at radius 3 is 1.00 bits per heavy atom. The fourth-order valence-corrected chi connectivity index (χ4v) is 4.01. The largest absolute Gasteiger partial charge is 0.481 e. The Bertz CT molecular complexity index is 889. The number of aliphatic carboxylic acids is 1. The zero-order chi connectivity index (χ0) is 32.5. The molecule has 0 bridgehead atoms. The molecule has 16 heteroatoms. The van der Waals surface area contributed by atoms with Gasteiger partial charge in [-0.2, -0.15) is 8.42 Å². The van der Waals surface area contributed by atoms with E-state index in [0.29, 0.717) is 119 Å². The SMILES string of the molecule is O=C(O)CCOCCOCCOCCOCCOCCOCCOCCOCCOCCOCCOS(=O)(=O)c1ccccc1. The third-order valence-electron chi connectivity index (χ3n) is 5.31. The average molecular weight is 671 g/mol. The van der Waals surface area contributed by atoms with Crippen LogP contribution in [0.3, 0.4) is 0 Å². The summed E-state index contributed by atoms with van der Waals surface area (Å²) in [5.41, 5.74) is 0. The molecule has 1 N–H and O–H groups in total. The van der Waals surface area contributed by atoms with Gasteiger partial charge in [0.1, 0.15) is 0 Å². The highest BCUT2D eigenvalue weighted by Crippen LogP contribution is 2.10. The predicted octanol–water partition coefficient (Wildman–Crippen LogP) is 1.03. The van der Waals surface area contributed by atoms with Crippen molar-refractivity contribution in [3.05, 3.63) is 30.3 Å². The van der Waals surface area contributed by atoms with E-state index in [1.54, 1.807) is 18.2 Å². The van der Waals surface area contributed by atoms with Gasteiger partial charge >= 0.3 is 5.97 Å². The summed E-state index contributed by atoms with van der Waals surface area (Å²) >= 11 is 0. The van der Waals surface area contributed by atoms with Crippen molar-refractivity contribution in [3.63, 3.8) is 0 Å². The molecule has 0 heterocycles. The Morgan fingerprint density at radius 1 is 0.444 bits per heavy atom. The van der Waals surface area contributed by atoms with Crippen LogP contribution in [-0.4, -0.2) is 158 Å². The van der Waals surface area contributed by atoms with Crippen LogP contribution in [0.4, 0.5) is 0 Å². The zero-order valence-corrected chi connectivity index (χ0v) is 26.8. The molecule has 0 radical (unpaired) electrons. The molecule has 1 aromatic carbocycles. The molecule has 1 rings (SSSR count). The second kappa shape index (κ2) is 30.8. The molecule has 0 spiro atoms. The van der Waals surface area contributed by atoms with Crippen LogP contribution in [0.25, 0.3) is 0 Å². The molecule has 0 fully saturated rings. The van der Waals surface area contributed by atoms with Gasteiger partial charge in [-0.25, -0.2) is 0 Å². The third kappa shape index (κ3) is 28.2. The van der Waals surface area contributed by atoms with Crippen molar-refractivity contribution >= 4 is 16.1 Å². The van der Waals surface area contributed by atoms with E-state index >= 15 is 0 Å². The van der Waals surface area contributed by atoms with Crippen molar-refractivity contribution in [1.29, 1.82) is 0 Å². The zero-order valence-electron chi connectivity index (χ0n) is 26.0. The van der Waals surface area contributed by atoms with Gasteiger partial charge in [0.05, 0.1) is 150 Å². The van der Waals surface area contributed by atoms with Gasteiger partial charge in [0.25, 0.3) is 10.1 Å². The van der Waals surface area contributed by atoms with Crippen molar-refractivity contribution in [1.82, 2.24) is 0 Å². The number of rotatable bonds is 35. The van der Waals surface area contributed by atoms with Crippen molar-refractivity contribution in [2.75, 3.05) is 139 Å². The molecule has 0 aromatic heterocycles. The van der Waals surface area contributed by atoms with Crippen LogP contribution < -0.4 is 0 Å². The van der Waals surface area contributed by atoms with Crippen LogP contribution in [0, 0.1) is 0 Å². The topological polar surface area (TPSA) is 173 Å². The van der Waals surface area contributed by atoms with E-state index in [-0.39, 0.29) is 31.1 Å². The minimum atomic E-state index is -3.76. The summed E-state index contributed by atoms with van der Waals surface area (Å²) in [5.74, 6) is -0.881. The van der Waals surface area contributed by atoms with Crippen molar-refractivity contribution in [2.45, 2.75) is 11.3 Å². The third-order valence-corrected chi connectivity index (χ3v) is 6.63. The molecular formula is C29H50O15S. The molecule has 0 saturated carbocycles. The van der Waals surface area contributed by atoms with Crippen molar-refractivity contribution in [3.8, 4) is 0 Å². The van der Waals surface area contributed by atoms with Crippen LogP contribution in [0.15, 0.2) is 35.2 Å². The standard InChI is InChI=1S/C29H50O15S/c30-29(31)6-7-34-8-9-35-10-11-36-12-13-37-14-15-38-16-17-39-18-19-40-20-21-41-22-23-42-24-25-43-26-27-44-45(32,33)28-4-2-1-3-5-28/h1-5H,6-27H2,(H,30,31). The minimum Gasteiger partial charge on any atom is -0.481 e. The molecule has 0 aliphatic carbocycles. The second-order valence-electron chi connectivity index (χ2n) is 8.86. The number of hydrogen-bond donors (Lipinski definition) is 1. The fourth-order valence-electron chi connectivity index (χ4n) is 3.10. The number of benzene rings is 1. The van der Waals surface area contributed by atoms with E-state index in [4.69, 9.17) is 56.7 Å². The molecular weight excluding hydrogens is 620 g/mol. The van der Waals surface area contributed by atoms with Gasteiger partial charge in [-0.15, -0.1) is 0 Å². The monoisotopic (exact) mass is 670 g/mol. The minimum absolute atomic E-state index is 0.00947. The molecule has 15 nitrogen and oxygen atoms in total. The van der Waals surface area contributed by atoms with Gasteiger partial charge in [-0.05, 0) is 12.1 Å². The first kappa shape index (κ1) is 41.2. The Labute approximate surface area is 266 Å². The lowest BCUT2D eigenvalue weighted by atomic mass is 10.4. The van der Waals surface area contributed by atoms with Gasteiger partial charge < -0.3 is 52.5 Å². The van der Waals surface area contributed by atoms with Gasteiger partial charge in [-0.1, -0.05) is 18.2 Å². The lowest BCUT2D eigenvalue weighted by Gasteiger charge is -2.09. The van der Waals surface area contributed by atoms with E-state index in [1.165, 1.54) is 12.1 Å². The summed E-state index contributed by atoms with van der Waals surface area (Å²) in [4.78, 5) is 10.4. The molecule has 262 valence electrons. The van der Waals surface area contributed by atoms with Crippen LogP contribution in [0.5, 0.6) is 0 Å². The Hall–Kier alpha value is -1.80. The van der Waals surface area contributed by atoms with Gasteiger partial charge in [0.2, 0.25) is 0 Å². The van der Waals surface area contributed by atoms with Crippen molar-refractivity contribution in [2.24, 2.45) is 0 Å². The maximum atomic E-state index is 12.0.